The fourth-order valence-corrected chi connectivity index (χ4v) is 5.18. The zero-order valence-electron chi connectivity index (χ0n) is 21.2. The molecule has 1 aliphatic rings. The number of H-pyrrole nitrogens is 1. The monoisotopic (exact) mass is 502 g/mol. The number of allylic oxidation sites excluding steroid dienone is 2. The van der Waals surface area contributed by atoms with Crippen molar-refractivity contribution in [2.75, 3.05) is 5.32 Å². The first-order valence-corrected chi connectivity index (χ1v) is 13.6. The third-order valence-electron chi connectivity index (χ3n) is 6.49. The van der Waals surface area contributed by atoms with Gasteiger partial charge in [-0.25, -0.2) is 0 Å². The van der Waals surface area contributed by atoms with E-state index < -0.39 is 0 Å². The minimum absolute atomic E-state index is 0.821. The quantitative estimate of drug-likeness (QED) is 0.238. The molecule has 0 bridgehead atoms. The molecule has 4 rings (SSSR count). The number of pyridine rings is 1. The maximum Gasteiger partial charge on any atom is 0.133 e. The van der Waals surface area contributed by atoms with Crippen LogP contribution in [0.3, 0.4) is 0 Å². The standard InChI is InChI=1S/C30H34N2OS2/c1-6-28(35-18-27-22(5)30(34)21(4)17-31-27)32-26-16-25(14-13-20(26)3)33-29(23-10-8-11-23)24-12-7-9-19(2)15-24/h6-7,9,12-17,32H,8,10-11,18H2,1-5H3,(H,31,34)/b28-6+. The van der Waals surface area contributed by atoms with Crippen LogP contribution < -0.4 is 10.1 Å². The molecule has 2 aromatic carbocycles. The van der Waals surface area contributed by atoms with Crippen LogP contribution in [0.15, 0.2) is 65.3 Å². The first kappa shape index (κ1) is 25.3. The Hall–Kier alpha value is -2.76. The Morgan fingerprint density at radius 3 is 2.57 bits per heavy atom. The predicted molar refractivity (Wildman–Crippen MR) is 154 cm³/mol. The van der Waals surface area contributed by atoms with Crippen molar-refractivity contribution in [3.8, 4) is 5.75 Å². The van der Waals surface area contributed by atoms with Crippen LogP contribution in [0.5, 0.6) is 5.75 Å². The van der Waals surface area contributed by atoms with Crippen molar-refractivity contribution in [1.29, 1.82) is 0 Å². The van der Waals surface area contributed by atoms with Crippen LogP contribution in [-0.2, 0) is 5.75 Å². The average molecular weight is 503 g/mol. The topological polar surface area (TPSA) is 37.0 Å². The van der Waals surface area contributed by atoms with Gasteiger partial charge in [0.2, 0.25) is 0 Å². The summed E-state index contributed by atoms with van der Waals surface area (Å²) in [5, 5.41) is 4.72. The van der Waals surface area contributed by atoms with Gasteiger partial charge in [-0.1, -0.05) is 48.1 Å². The summed E-state index contributed by atoms with van der Waals surface area (Å²) >= 11 is 7.32. The summed E-state index contributed by atoms with van der Waals surface area (Å²) < 4.78 is 7.48. The number of benzene rings is 2. The van der Waals surface area contributed by atoms with Crippen molar-refractivity contribution in [3.05, 3.63) is 103 Å². The molecule has 0 aliphatic heterocycles. The van der Waals surface area contributed by atoms with E-state index in [1.165, 1.54) is 23.1 Å². The third kappa shape index (κ3) is 6.09. The molecular weight excluding hydrogens is 468 g/mol. The molecule has 0 unspecified atom stereocenters. The van der Waals surface area contributed by atoms with E-state index in [4.69, 9.17) is 17.0 Å². The van der Waals surface area contributed by atoms with Crippen molar-refractivity contribution >= 4 is 35.4 Å². The van der Waals surface area contributed by atoms with E-state index in [0.717, 1.165) is 67.7 Å². The molecule has 35 heavy (non-hydrogen) atoms. The Balaban J connectivity index is 1.51. The largest absolute Gasteiger partial charge is 0.457 e. The Labute approximate surface area is 218 Å². The average Bonchev–Trinajstić information content (AvgIpc) is 2.81. The molecule has 2 N–H and O–H groups in total. The van der Waals surface area contributed by atoms with E-state index in [1.807, 2.05) is 13.1 Å². The summed E-state index contributed by atoms with van der Waals surface area (Å²) in [4.78, 5) is 3.40. The lowest BCUT2D eigenvalue weighted by Crippen LogP contribution is -2.07. The minimum atomic E-state index is 0.821. The summed E-state index contributed by atoms with van der Waals surface area (Å²) in [5.74, 6) is 2.69. The normalized spacial score (nSPS) is 13.4. The molecule has 0 atom stereocenters. The highest BCUT2D eigenvalue weighted by atomic mass is 32.2. The Morgan fingerprint density at radius 2 is 1.89 bits per heavy atom. The van der Waals surface area contributed by atoms with Crippen molar-refractivity contribution < 1.29 is 4.74 Å². The highest BCUT2D eigenvalue weighted by Crippen LogP contribution is 2.36. The molecule has 1 saturated carbocycles. The smallest absolute Gasteiger partial charge is 0.133 e. The van der Waals surface area contributed by atoms with Gasteiger partial charge in [-0.3, -0.25) is 0 Å². The third-order valence-corrected chi connectivity index (χ3v) is 8.20. The van der Waals surface area contributed by atoms with Gasteiger partial charge in [0.1, 0.15) is 11.5 Å². The molecular formula is C30H34N2OS2. The number of nitrogens with one attached hydrogen (secondary N) is 2. The number of aryl methyl sites for hydroxylation is 3. The second-order valence-corrected chi connectivity index (χ2v) is 10.6. The lowest BCUT2D eigenvalue weighted by atomic mass is 9.89. The van der Waals surface area contributed by atoms with Crippen LogP contribution in [0.1, 0.15) is 59.7 Å². The fraction of sp³-hybridized carbons (Fsp3) is 0.300. The van der Waals surface area contributed by atoms with E-state index in [9.17, 15) is 0 Å². The van der Waals surface area contributed by atoms with Gasteiger partial charge in [-0.05, 0) is 88.3 Å². The molecule has 5 heteroatoms. The van der Waals surface area contributed by atoms with Gasteiger partial charge in [0.25, 0.3) is 0 Å². The maximum atomic E-state index is 6.54. The second-order valence-electron chi connectivity index (χ2n) is 9.21. The number of aromatic nitrogens is 1. The molecule has 0 radical (unpaired) electrons. The Kier molecular flexibility index (Phi) is 8.19. The van der Waals surface area contributed by atoms with Gasteiger partial charge in [0, 0.05) is 39.5 Å². The van der Waals surface area contributed by atoms with Crippen LogP contribution in [0.4, 0.5) is 5.69 Å². The zero-order valence-corrected chi connectivity index (χ0v) is 22.9. The fourth-order valence-electron chi connectivity index (χ4n) is 4.05. The molecule has 0 amide bonds. The van der Waals surface area contributed by atoms with E-state index in [0.29, 0.717) is 0 Å². The van der Waals surface area contributed by atoms with Gasteiger partial charge >= 0.3 is 0 Å². The summed E-state index contributed by atoms with van der Waals surface area (Å²) in [5.41, 5.74) is 9.47. The predicted octanol–water partition coefficient (Wildman–Crippen LogP) is 9.16. The van der Waals surface area contributed by atoms with E-state index in [1.54, 1.807) is 11.8 Å². The van der Waals surface area contributed by atoms with Crippen LogP contribution in [0.2, 0.25) is 0 Å². The highest BCUT2D eigenvalue weighted by Gasteiger charge is 2.19. The lowest BCUT2D eigenvalue weighted by molar-refractivity contribution is 0.491. The first-order valence-electron chi connectivity index (χ1n) is 12.2. The highest BCUT2D eigenvalue weighted by molar-refractivity contribution is 8.02. The first-order chi connectivity index (χ1) is 16.9. The number of ether oxygens (including phenoxy) is 1. The summed E-state index contributed by atoms with van der Waals surface area (Å²) in [6.45, 7) is 10.5. The molecule has 0 spiro atoms. The van der Waals surface area contributed by atoms with Crippen LogP contribution in [0, 0.1) is 32.2 Å². The van der Waals surface area contributed by atoms with Gasteiger partial charge in [0.15, 0.2) is 0 Å². The van der Waals surface area contributed by atoms with Crippen molar-refractivity contribution in [2.45, 2.75) is 59.6 Å². The number of anilines is 1. The van der Waals surface area contributed by atoms with Crippen molar-refractivity contribution in [3.63, 3.8) is 0 Å². The number of hydrogen-bond donors (Lipinski definition) is 2. The second kappa shape index (κ2) is 11.3. The van der Waals surface area contributed by atoms with Gasteiger partial charge in [0.05, 0.1) is 5.03 Å². The number of hydrogen-bond acceptors (Lipinski definition) is 4. The molecule has 182 valence electrons. The summed E-state index contributed by atoms with van der Waals surface area (Å²) in [6.07, 6.45) is 7.58. The SMILES string of the molecule is C/C=C(\Nc1cc(OC(=C2CCC2)c2cccc(C)c2)ccc1C)SCc1[nH]cc(C)c(=S)c1C. The summed E-state index contributed by atoms with van der Waals surface area (Å²) in [7, 11) is 0. The summed E-state index contributed by atoms with van der Waals surface area (Å²) in [6, 6.07) is 14.9. The van der Waals surface area contributed by atoms with Crippen molar-refractivity contribution in [1.82, 2.24) is 4.98 Å². The number of aromatic amines is 1. The van der Waals surface area contributed by atoms with E-state index >= 15 is 0 Å². The Morgan fingerprint density at radius 1 is 1.09 bits per heavy atom. The molecule has 1 heterocycles. The Bertz CT molecular complexity index is 1340. The van der Waals surface area contributed by atoms with Gasteiger partial charge in [-0.2, -0.15) is 0 Å². The van der Waals surface area contributed by atoms with Crippen LogP contribution in [0.25, 0.3) is 5.76 Å². The van der Waals surface area contributed by atoms with E-state index in [2.05, 4.69) is 86.5 Å². The molecule has 1 aromatic heterocycles. The number of rotatable bonds is 8. The van der Waals surface area contributed by atoms with Crippen LogP contribution in [-0.4, -0.2) is 4.98 Å². The lowest BCUT2D eigenvalue weighted by Gasteiger charge is -2.23. The van der Waals surface area contributed by atoms with Gasteiger partial charge < -0.3 is 15.0 Å². The molecule has 1 aliphatic carbocycles. The van der Waals surface area contributed by atoms with Gasteiger partial charge in [-0.15, -0.1) is 11.8 Å². The zero-order chi connectivity index (χ0) is 24.9. The van der Waals surface area contributed by atoms with Crippen LogP contribution >= 0.6 is 24.0 Å². The van der Waals surface area contributed by atoms with E-state index in [-0.39, 0.29) is 0 Å². The van der Waals surface area contributed by atoms with Crippen molar-refractivity contribution in [2.24, 2.45) is 0 Å². The molecule has 1 fully saturated rings. The maximum absolute atomic E-state index is 6.54. The molecule has 0 saturated heterocycles. The minimum Gasteiger partial charge on any atom is -0.457 e. The number of thioether (sulfide) groups is 1. The molecule has 3 aromatic rings. The molecule has 3 nitrogen and oxygen atoms in total.